The van der Waals surface area contributed by atoms with Crippen molar-refractivity contribution >= 4 is 5.71 Å². The summed E-state index contributed by atoms with van der Waals surface area (Å²) in [7, 11) is 0. The number of hydrogen-bond acceptors (Lipinski definition) is 2. The van der Waals surface area contributed by atoms with E-state index >= 15 is 0 Å². The molecule has 0 bridgehead atoms. The second kappa shape index (κ2) is 4.57. The molecule has 0 radical (unpaired) electrons. The van der Waals surface area contributed by atoms with E-state index in [0.717, 1.165) is 5.56 Å². The van der Waals surface area contributed by atoms with Gasteiger partial charge in [-0.1, -0.05) is 35.5 Å². The van der Waals surface area contributed by atoms with E-state index in [1.165, 1.54) is 12.1 Å². The zero-order chi connectivity index (χ0) is 11.4. The molecule has 0 fully saturated rings. The third-order valence-corrected chi connectivity index (χ3v) is 2.26. The normalized spacial score (nSPS) is 11.4. The summed E-state index contributed by atoms with van der Waals surface area (Å²) in [5.41, 5.74) is 1.90. The molecule has 0 unspecified atom stereocenters. The largest absolute Gasteiger partial charge is 0.410 e. The van der Waals surface area contributed by atoms with E-state index in [0.29, 0.717) is 11.3 Å². The SMILES string of the molecule is O/N=C(\c1ccccc1)c1ccc(F)cc1. The maximum atomic E-state index is 12.8. The van der Waals surface area contributed by atoms with Crippen molar-refractivity contribution < 1.29 is 9.60 Å². The van der Waals surface area contributed by atoms with Gasteiger partial charge in [-0.2, -0.15) is 0 Å². The van der Waals surface area contributed by atoms with Gasteiger partial charge in [0.05, 0.1) is 0 Å². The van der Waals surface area contributed by atoms with Crippen LogP contribution in [-0.4, -0.2) is 10.9 Å². The van der Waals surface area contributed by atoms with Crippen molar-refractivity contribution in [3.8, 4) is 0 Å². The third-order valence-electron chi connectivity index (χ3n) is 2.26. The van der Waals surface area contributed by atoms with Gasteiger partial charge in [-0.15, -0.1) is 0 Å². The fourth-order valence-corrected chi connectivity index (χ4v) is 1.49. The average Bonchev–Trinajstić information content (AvgIpc) is 2.34. The third kappa shape index (κ3) is 2.08. The molecule has 0 spiro atoms. The number of hydrogen-bond donors (Lipinski definition) is 1. The van der Waals surface area contributed by atoms with E-state index < -0.39 is 0 Å². The zero-order valence-electron chi connectivity index (χ0n) is 8.47. The van der Waals surface area contributed by atoms with Crippen molar-refractivity contribution in [3.63, 3.8) is 0 Å². The van der Waals surface area contributed by atoms with Crippen LogP contribution in [0.15, 0.2) is 59.8 Å². The van der Waals surface area contributed by atoms with Crippen molar-refractivity contribution in [2.45, 2.75) is 0 Å². The maximum absolute atomic E-state index is 12.8. The van der Waals surface area contributed by atoms with Crippen LogP contribution in [0.2, 0.25) is 0 Å². The highest BCUT2D eigenvalue weighted by Crippen LogP contribution is 2.11. The van der Waals surface area contributed by atoms with Gasteiger partial charge in [-0.3, -0.25) is 0 Å². The molecule has 1 N–H and O–H groups in total. The predicted octanol–water partition coefficient (Wildman–Crippen LogP) is 3.05. The number of rotatable bonds is 2. The standard InChI is InChI=1S/C13H10FNO/c14-12-8-6-11(7-9-12)13(15-16)10-4-2-1-3-5-10/h1-9,16H/b15-13+. The second-order valence-electron chi connectivity index (χ2n) is 3.32. The van der Waals surface area contributed by atoms with E-state index in [1.54, 1.807) is 12.1 Å². The first-order valence-electron chi connectivity index (χ1n) is 4.84. The number of nitrogens with zero attached hydrogens (tertiary/aromatic N) is 1. The highest BCUT2D eigenvalue weighted by atomic mass is 19.1. The van der Waals surface area contributed by atoms with Gasteiger partial charge in [0.25, 0.3) is 0 Å². The van der Waals surface area contributed by atoms with Crippen LogP contribution in [0.25, 0.3) is 0 Å². The van der Waals surface area contributed by atoms with Gasteiger partial charge in [0, 0.05) is 11.1 Å². The van der Waals surface area contributed by atoms with Crippen molar-refractivity contribution in [2.24, 2.45) is 5.16 Å². The first-order valence-corrected chi connectivity index (χ1v) is 4.84. The highest BCUT2D eigenvalue weighted by Gasteiger charge is 2.06. The second-order valence-corrected chi connectivity index (χ2v) is 3.32. The molecule has 0 aliphatic heterocycles. The molecule has 0 aliphatic rings. The molecule has 0 amide bonds. The summed E-state index contributed by atoms with van der Waals surface area (Å²) in [4.78, 5) is 0. The average molecular weight is 215 g/mol. The summed E-state index contributed by atoms with van der Waals surface area (Å²) in [6, 6.07) is 15.1. The van der Waals surface area contributed by atoms with Crippen LogP contribution in [-0.2, 0) is 0 Å². The maximum Gasteiger partial charge on any atom is 0.123 e. The van der Waals surface area contributed by atoms with Crippen molar-refractivity contribution in [1.82, 2.24) is 0 Å². The topological polar surface area (TPSA) is 32.6 Å². The summed E-state index contributed by atoms with van der Waals surface area (Å²) >= 11 is 0. The lowest BCUT2D eigenvalue weighted by Crippen LogP contribution is -2.02. The van der Waals surface area contributed by atoms with E-state index in [-0.39, 0.29) is 5.82 Å². The Bertz CT molecular complexity index is 491. The van der Waals surface area contributed by atoms with Gasteiger partial charge in [0.1, 0.15) is 11.5 Å². The molecule has 0 heterocycles. The molecule has 80 valence electrons. The van der Waals surface area contributed by atoms with Crippen LogP contribution >= 0.6 is 0 Å². The Hall–Kier alpha value is -2.16. The van der Waals surface area contributed by atoms with Gasteiger partial charge in [-0.05, 0) is 24.3 Å². The van der Waals surface area contributed by atoms with Crippen molar-refractivity contribution in [1.29, 1.82) is 0 Å². The molecule has 2 aromatic rings. The molecule has 2 nitrogen and oxygen atoms in total. The Balaban J connectivity index is 2.42. The van der Waals surface area contributed by atoms with E-state index in [9.17, 15) is 4.39 Å². The Labute approximate surface area is 92.7 Å². The smallest absolute Gasteiger partial charge is 0.123 e. The summed E-state index contributed by atoms with van der Waals surface area (Å²) in [6.45, 7) is 0. The quantitative estimate of drug-likeness (QED) is 0.466. The lowest BCUT2D eigenvalue weighted by atomic mass is 10.0. The number of halogens is 1. The summed E-state index contributed by atoms with van der Waals surface area (Å²) in [5.74, 6) is -0.311. The zero-order valence-corrected chi connectivity index (χ0v) is 8.47. The minimum Gasteiger partial charge on any atom is -0.410 e. The van der Waals surface area contributed by atoms with Gasteiger partial charge in [-0.25, -0.2) is 4.39 Å². The first kappa shape index (κ1) is 10.4. The molecular formula is C13H10FNO. The van der Waals surface area contributed by atoms with Crippen LogP contribution in [0.5, 0.6) is 0 Å². The molecule has 2 rings (SSSR count). The summed E-state index contributed by atoms with van der Waals surface area (Å²) < 4.78 is 12.8. The van der Waals surface area contributed by atoms with E-state index in [2.05, 4.69) is 5.16 Å². The van der Waals surface area contributed by atoms with Gasteiger partial charge < -0.3 is 5.21 Å². The molecular weight excluding hydrogens is 205 g/mol. The van der Waals surface area contributed by atoms with Crippen LogP contribution in [0.3, 0.4) is 0 Å². The van der Waals surface area contributed by atoms with Crippen LogP contribution < -0.4 is 0 Å². The Kier molecular flexibility index (Phi) is 2.96. The Morgan fingerprint density at radius 1 is 0.875 bits per heavy atom. The van der Waals surface area contributed by atoms with Crippen LogP contribution in [0.4, 0.5) is 4.39 Å². The minimum atomic E-state index is -0.311. The van der Waals surface area contributed by atoms with Crippen molar-refractivity contribution in [3.05, 3.63) is 71.5 Å². The molecule has 0 saturated carbocycles. The minimum absolute atomic E-state index is 0.311. The molecule has 0 aromatic heterocycles. The van der Waals surface area contributed by atoms with Crippen LogP contribution in [0, 0.1) is 5.82 Å². The van der Waals surface area contributed by atoms with Gasteiger partial charge in [0.2, 0.25) is 0 Å². The Morgan fingerprint density at radius 3 is 2.00 bits per heavy atom. The summed E-state index contributed by atoms with van der Waals surface area (Å²) in [6.07, 6.45) is 0. The van der Waals surface area contributed by atoms with E-state index in [1.807, 2.05) is 30.3 Å². The van der Waals surface area contributed by atoms with Crippen molar-refractivity contribution in [2.75, 3.05) is 0 Å². The fourth-order valence-electron chi connectivity index (χ4n) is 1.49. The lowest BCUT2D eigenvalue weighted by molar-refractivity contribution is 0.319. The van der Waals surface area contributed by atoms with Gasteiger partial charge in [0.15, 0.2) is 0 Å². The molecule has 0 aliphatic carbocycles. The predicted molar refractivity (Wildman–Crippen MR) is 60.3 cm³/mol. The van der Waals surface area contributed by atoms with Gasteiger partial charge >= 0.3 is 0 Å². The molecule has 3 heteroatoms. The Morgan fingerprint density at radius 2 is 1.44 bits per heavy atom. The first-order chi connectivity index (χ1) is 7.81. The molecule has 0 saturated heterocycles. The number of benzene rings is 2. The lowest BCUT2D eigenvalue weighted by Gasteiger charge is -2.04. The van der Waals surface area contributed by atoms with E-state index in [4.69, 9.17) is 5.21 Å². The molecule has 2 aromatic carbocycles. The molecule has 0 atom stereocenters. The fraction of sp³-hybridized carbons (Fsp3) is 0. The summed E-state index contributed by atoms with van der Waals surface area (Å²) in [5, 5.41) is 12.2. The molecule has 16 heavy (non-hydrogen) atoms. The monoisotopic (exact) mass is 215 g/mol. The number of oxime groups is 1. The highest BCUT2D eigenvalue weighted by molar-refractivity contribution is 6.12. The van der Waals surface area contributed by atoms with Crippen LogP contribution in [0.1, 0.15) is 11.1 Å².